The third-order valence-electron chi connectivity index (χ3n) is 3.43. The van der Waals surface area contributed by atoms with E-state index in [0.717, 1.165) is 45.4 Å². The first-order chi connectivity index (χ1) is 8.92. The van der Waals surface area contributed by atoms with E-state index in [2.05, 4.69) is 15.5 Å². The summed E-state index contributed by atoms with van der Waals surface area (Å²) in [6, 6.07) is 0. The molecule has 1 aromatic rings. The van der Waals surface area contributed by atoms with Crippen LogP contribution in [-0.2, 0) is 16.1 Å². The number of piperidine rings is 1. The second kappa shape index (κ2) is 5.77. The highest BCUT2D eigenvalue weighted by Gasteiger charge is 2.23. The maximum atomic E-state index is 5.77. The summed E-state index contributed by atoms with van der Waals surface area (Å²) in [6.45, 7) is 3.25. The molecule has 3 rings (SSSR count). The summed E-state index contributed by atoms with van der Waals surface area (Å²) in [5.41, 5.74) is 0. The standard InChI is InChI=1S/C12H19N3O3/c1-2-10(16-7-1)12-14-11(18-15-12)8-17-9-3-5-13-6-4-9/h9-10,13H,1-8H2. The van der Waals surface area contributed by atoms with E-state index in [-0.39, 0.29) is 6.10 Å². The Kier molecular flexibility index (Phi) is 3.87. The summed E-state index contributed by atoms with van der Waals surface area (Å²) in [4.78, 5) is 4.33. The van der Waals surface area contributed by atoms with Gasteiger partial charge >= 0.3 is 0 Å². The van der Waals surface area contributed by atoms with Gasteiger partial charge in [-0.3, -0.25) is 0 Å². The highest BCUT2D eigenvalue weighted by Crippen LogP contribution is 2.26. The van der Waals surface area contributed by atoms with Crippen LogP contribution in [0.1, 0.15) is 43.5 Å². The predicted molar refractivity (Wildman–Crippen MR) is 62.9 cm³/mol. The highest BCUT2D eigenvalue weighted by atomic mass is 16.5. The van der Waals surface area contributed by atoms with E-state index in [1.165, 1.54) is 0 Å². The SMILES string of the molecule is C1COC(c2noc(COC3CCNCC3)n2)C1. The first-order valence-corrected chi connectivity index (χ1v) is 6.68. The Bertz CT molecular complexity index is 370. The summed E-state index contributed by atoms with van der Waals surface area (Å²) in [6.07, 6.45) is 4.47. The predicted octanol–water partition coefficient (Wildman–Crippen LogP) is 1.19. The zero-order chi connectivity index (χ0) is 12.2. The van der Waals surface area contributed by atoms with Crippen molar-refractivity contribution in [2.24, 2.45) is 0 Å². The minimum absolute atomic E-state index is 0.0152. The first kappa shape index (κ1) is 12.1. The number of nitrogens with zero attached hydrogens (tertiary/aromatic N) is 2. The summed E-state index contributed by atoms with van der Waals surface area (Å²) < 4.78 is 16.5. The van der Waals surface area contributed by atoms with Crippen molar-refractivity contribution in [2.45, 2.75) is 44.5 Å². The largest absolute Gasteiger partial charge is 0.370 e. The quantitative estimate of drug-likeness (QED) is 0.869. The molecule has 2 fully saturated rings. The van der Waals surface area contributed by atoms with Crippen molar-refractivity contribution >= 4 is 0 Å². The van der Waals surface area contributed by atoms with Crippen LogP contribution in [0, 0.1) is 0 Å². The number of hydrogen-bond donors (Lipinski definition) is 1. The number of aromatic nitrogens is 2. The average molecular weight is 253 g/mol. The summed E-state index contributed by atoms with van der Waals surface area (Å²) in [7, 11) is 0. The van der Waals surface area contributed by atoms with Crippen LogP contribution >= 0.6 is 0 Å². The average Bonchev–Trinajstić information content (AvgIpc) is 3.08. The molecule has 0 saturated carbocycles. The van der Waals surface area contributed by atoms with Gasteiger partial charge in [-0.1, -0.05) is 5.16 Å². The van der Waals surface area contributed by atoms with Crippen LogP contribution in [0.4, 0.5) is 0 Å². The Morgan fingerprint density at radius 2 is 2.17 bits per heavy atom. The maximum absolute atomic E-state index is 5.77. The smallest absolute Gasteiger partial charge is 0.252 e. The van der Waals surface area contributed by atoms with Crippen molar-refractivity contribution in [3.05, 3.63) is 11.7 Å². The van der Waals surface area contributed by atoms with Crippen molar-refractivity contribution in [1.29, 1.82) is 0 Å². The third kappa shape index (κ3) is 2.88. The van der Waals surface area contributed by atoms with E-state index in [1.54, 1.807) is 0 Å². The molecule has 1 atom stereocenters. The van der Waals surface area contributed by atoms with Gasteiger partial charge in [-0.15, -0.1) is 0 Å². The fraction of sp³-hybridized carbons (Fsp3) is 0.833. The van der Waals surface area contributed by atoms with E-state index >= 15 is 0 Å². The monoisotopic (exact) mass is 253 g/mol. The normalized spacial score (nSPS) is 25.7. The Labute approximate surface area is 106 Å². The van der Waals surface area contributed by atoms with Gasteiger partial charge in [0, 0.05) is 6.61 Å². The molecule has 1 N–H and O–H groups in total. The van der Waals surface area contributed by atoms with Gasteiger partial charge in [0.1, 0.15) is 12.7 Å². The molecule has 0 aromatic carbocycles. The molecule has 3 heterocycles. The van der Waals surface area contributed by atoms with E-state index in [0.29, 0.717) is 24.4 Å². The fourth-order valence-electron chi connectivity index (χ4n) is 2.39. The van der Waals surface area contributed by atoms with Crippen LogP contribution < -0.4 is 5.32 Å². The molecule has 6 nitrogen and oxygen atoms in total. The van der Waals surface area contributed by atoms with Crippen LogP contribution in [0.25, 0.3) is 0 Å². The van der Waals surface area contributed by atoms with Crippen molar-refractivity contribution in [3.8, 4) is 0 Å². The highest BCUT2D eigenvalue weighted by molar-refractivity contribution is 4.92. The lowest BCUT2D eigenvalue weighted by Gasteiger charge is -2.21. The summed E-state index contributed by atoms with van der Waals surface area (Å²) >= 11 is 0. The van der Waals surface area contributed by atoms with Gasteiger partial charge in [0.05, 0.1) is 6.10 Å². The number of nitrogens with one attached hydrogen (secondary N) is 1. The molecule has 0 radical (unpaired) electrons. The van der Waals surface area contributed by atoms with Crippen molar-refractivity contribution < 1.29 is 14.0 Å². The van der Waals surface area contributed by atoms with Gasteiger partial charge in [-0.05, 0) is 38.8 Å². The topological polar surface area (TPSA) is 69.4 Å². The number of rotatable bonds is 4. The Morgan fingerprint density at radius 3 is 2.94 bits per heavy atom. The van der Waals surface area contributed by atoms with Gasteiger partial charge in [-0.2, -0.15) is 4.98 Å². The maximum Gasteiger partial charge on any atom is 0.252 e. The van der Waals surface area contributed by atoms with Crippen LogP contribution in [-0.4, -0.2) is 35.9 Å². The van der Waals surface area contributed by atoms with Gasteiger partial charge in [-0.25, -0.2) is 0 Å². The molecule has 0 amide bonds. The van der Waals surface area contributed by atoms with E-state index in [1.807, 2.05) is 0 Å². The molecule has 6 heteroatoms. The van der Waals surface area contributed by atoms with Gasteiger partial charge in [0.15, 0.2) is 0 Å². The van der Waals surface area contributed by atoms with E-state index < -0.39 is 0 Å². The van der Waals surface area contributed by atoms with Crippen LogP contribution in [0.2, 0.25) is 0 Å². The minimum atomic E-state index is 0.0152. The molecule has 2 aliphatic rings. The van der Waals surface area contributed by atoms with E-state index in [4.69, 9.17) is 14.0 Å². The molecular formula is C12H19N3O3. The fourth-order valence-corrected chi connectivity index (χ4v) is 2.39. The molecule has 0 bridgehead atoms. The molecular weight excluding hydrogens is 234 g/mol. The summed E-state index contributed by atoms with van der Waals surface area (Å²) in [5, 5.41) is 7.26. The molecule has 1 unspecified atom stereocenters. The second-order valence-corrected chi connectivity index (χ2v) is 4.81. The third-order valence-corrected chi connectivity index (χ3v) is 3.43. The lowest BCUT2D eigenvalue weighted by Crippen LogP contribution is -2.32. The first-order valence-electron chi connectivity index (χ1n) is 6.68. The molecule has 2 aliphatic heterocycles. The Morgan fingerprint density at radius 1 is 1.28 bits per heavy atom. The van der Waals surface area contributed by atoms with E-state index in [9.17, 15) is 0 Å². The van der Waals surface area contributed by atoms with Crippen LogP contribution in [0.3, 0.4) is 0 Å². The molecule has 100 valence electrons. The second-order valence-electron chi connectivity index (χ2n) is 4.81. The molecule has 2 saturated heterocycles. The van der Waals surface area contributed by atoms with Gasteiger partial charge in [0.25, 0.3) is 5.89 Å². The Hall–Kier alpha value is -0.980. The van der Waals surface area contributed by atoms with Crippen molar-refractivity contribution in [1.82, 2.24) is 15.5 Å². The lowest BCUT2D eigenvalue weighted by molar-refractivity contribution is 0.00859. The zero-order valence-electron chi connectivity index (χ0n) is 10.4. The number of hydrogen-bond acceptors (Lipinski definition) is 6. The molecule has 0 aliphatic carbocycles. The molecule has 18 heavy (non-hydrogen) atoms. The minimum Gasteiger partial charge on any atom is -0.370 e. The molecule has 1 aromatic heterocycles. The lowest BCUT2D eigenvalue weighted by atomic mass is 10.1. The van der Waals surface area contributed by atoms with Crippen molar-refractivity contribution in [3.63, 3.8) is 0 Å². The zero-order valence-corrected chi connectivity index (χ0v) is 10.4. The number of ether oxygens (including phenoxy) is 2. The van der Waals surface area contributed by atoms with Gasteiger partial charge < -0.3 is 19.3 Å². The van der Waals surface area contributed by atoms with Crippen LogP contribution in [0.15, 0.2) is 4.52 Å². The van der Waals surface area contributed by atoms with Gasteiger partial charge in [0.2, 0.25) is 5.82 Å². The van der Waals surface area contributed by atoms with Crippen molar-refractivity contribution in [2.75, 3.05) is 19.7 Å². The summed E-state index contributed by atoms with van der Waals surface area (Å²) in [5.74, 6) is 1.22. The Balaban J connectivity index is 1.50. The van der Waals surface area contributed by atoms with Crippen LogP contribution in [0.5, 0.6) is 0 Å². The molecule has 0 spiro atoms.